The minimum Gasteiger partial charge on any atom is -0.493 e. The second-order valence-corrected chi connectivity index (χ2v) is 6.65. The number of benzene rings is 1. The minimum absolute atomic E-state index is 0.0759. The van der Waals surface area contributed by atoms with Gasteiger partial charge in [0.1, 0.15) is 5.60 Å². The average molecular weight is 408 g/mol. The van der Waals surface area contributed by atoms with E-state index in [1.165, 1.54) is 14.2 Å². The van der Waals surface area contributed by atoms with E-state index in [1.807, 2.05) is 0 Å². The van der Waals surface area contributed by atoms with Gasteiger partial charge in [-0.2, -0.15) is 8.78 Å². The van der Waals surface area contributed by atoms with E-state index in [9.17, 15) is 18.7 Å². The summed E-state index contributed by atoms with van der Waals surface area (Å²) in [4.78, 5) is 11.9. The van der Waals surface area contributed by atoms with Crippen LogP contribution in [0.15, 0.2) is 16.6 Å². The molecule has 0 radical (unpaired) electrons. The summed E-state index contributed by atoms with van der Waals surface area (Å²) in [6, 6.07) is 3.22. The first-order valence-corrected chi connectivity index (χ1v) is 8.33. The van der Waals surface area contributed by atoms with E-state index >= 15 is 0 Å². The summed E-state index contributed by atoms with van der Waals surface area (Å²) in [6.07, 6.45) is 0.822. The molecule has 1 aliphatic carbocycles. The van der Waals surface area contributed by atoms with Crippen LogP contribution in [-0.4, -0.2) is 36.8 Å². The van der Waals surface area contributed by atoms with Crippen LogP contribution in [0.2, 0.25) is 0 Å². The summed E-state index contributed by atoms with van der Waals surface area (Å²) in [6.45, 7) is -0.133. The highest BCUT2D eigenvalue weighted by Crippen LogP contribution is 2.42. The van der Waals surface area contributed by atoms with Crippen LogP contribution in [0, 0.1) is 0 Å². The molecular formula is C16H20BrF2NO4. The molecule has 1 aromatic rings. The van der Waals surface area contributed by atoms with E-state index in [0.717, 1.165) is 0 Å². The van der Waals surface area contributed by atoms with Crippen LogP contribution < -0.4 is 14.8 Å². The molecule has 2 N–H and O–H groups in total. The molecule has 0 saturated heterocycles. The highest BCUT2D eigenvalue weighted by molar-refractivity contribution is 9.10. The number of ether oxygens (including phenoxy) is 2. The van der Waals surface area contributed by atoms with Crippen molar-refractivity contribution in [2.45, 2.75) is 43.8 Å². The van der Waals surface area contributed by atoms with Crippen molar-refractivity contribution in [1.29, 1.82) is 0 Å². The summed E-state index contributed by atoms with van der Waals surface area (Å²) in [5, 5.41) is 12.2. The number of amides is 1. The van der Waals surface area contributed by atoms with Crippen LogP contribution in [0.5, 0.6) is 11.5 Å². The molecule has 0 atom stereocenters. The first-order chi connectivity index (χ1) is 11.2. The van der Waals surface area contributed by atoms with Crippen LogP contribution >= 0.6 is 15.9 Å². The van der Waals surface area contributed by atoms with Gasteiger partial charge in [-0.1, -0.05) is 28.8 Å². The van der Waals surface area contributed by atoms with E-state index in [1.54, 1.807) is 12.1 Å². The van der Waals surface area contributed by atoms with Gasteiger partial charge in [-0.15, -0.1) is 0 Å². The fourth-order valence-corrected chi connectivity index (χ4v) is 3.27. The van der Waals surface area contributed by atoms with Crippen molar-refractivity contribution < 1.29 is 28.2 Å². The van der Waals surface area contributed by atoms with Crippen molar-refractivity contribution in [2.24, 2.45) is 0 Å². The average Bonchev–Trinajstić information content (AvgIpc) is 3.01. The predicted molar refractivity (Wildman–Crippen MR) is 87.5 cm³/mol. The van der Waals surface area contributed by atoms with Gasteiger partial charge in [0.15, 0.2) is 11.5 Å². The van der Waals surface area contributed by atoms with E-state index in [0.29, 0.717) is 34.4 Å². The van der Waals surface area contributed by atoms with E-state index < -0.39 is 17.4 Å². The van der Waals surface area contributed by atoms with Crippen molar-refractivity contribution in [3.05, 3.63) is 22.2 Å². The lowest BCUT2D eigenvalue weighted by molar-refractivity contribution is -0.191. The van der Waals surface area contributed by atoms with Crippen LogP contribution in [0.4, 0.5) is 8.78 Å². The Kier molecular flexibility index (Phi) is 5.70. The number of hydrogen-bond donors (Lipinski definition) is 2. The van der Waals surface area contributed by atoms with Gasteiger partial charge >= 0.3 is 5.92 Å². The SMILES string of the molecule is COc1cc(Br)c(CNC(=O)C(F)(F)C2(O)CCCC2)cc1OC. The number of halogens is 3. The molecule has 1 aromatic carbocycles. The van der Waals surface area contributed by atoms with Crippen molar-refractivity contribution in [1.82, 2.24) is 5.32 Å². The van der Waals surface area contributed by atoms with Crippen molar-refractivity contribution >= 4 is 21.8 Å². The number of aliphatic hydroxyl groups is 1. The summed E-state index contributed by atoms with van der Waals surface area (Å²) in [7, 11) is 2.94. The van der Waals surface area contributed by atoms with E-state index in [-0.39, 0.29) is 19.4 Å². The van der Waals surface area contributed by atoms with Crippen LogP contribution in [0.25, 0.3) is 0 Å². The molecule has 1 saturated carbocycles. The first-order valence-electron chi connectivity index (χ1n) is 7.54. The number of rotatable bonds is 6. The molecular weight excluding hydrogens is 388 g/mol. The molecule has 8 heteroatoms. The Morgan fingerprint density at radius 2 is 1.83 bits per heavy atom. The summed E-state index contributed by atoms with van der Waals surface area (Å²) in [5.41, 5.74) is -1.71. The molecule has 0 spiro atoms. The molecule has 0 aromatic heterocycles. The quantitative estimate of drug-likeness (QED) is 0.760. The Morgan fingerprint density at radius 3 is 2.38 bits per heavy atom. The zero-order valence-corrected chi connectivity index (χ0v) is 15.1. The number of hydrogen-bond acceptors (Lipinski definition) is 4. The van der Waals surface area contributed by atoms with Gasteiger partial charge in [-0.05, 0) is 30.5 Å². The van der Waals surface area contributed by atoms with Gasteiger partial charge < -0.3 is 19.9 Å². The monoisotopic (exact) mass is 407 g/mol. The van der Waals surface area contributed by atoms with Gasteiger partial charge in [0.2, 0.25) is 0 Å². The van der Waals surface area contributed by atoms with Gasteiger partial charge in [0.25, 0.3) is 5.91 Å². The molecule has 0 bridgehead atoms. The van der Waals surface area contributed by atoms with Crippen molar-refractivity contribution in [3.8, 4) is 11.5 Å². The fraction of sp³-hybridized carbons (Fsp3) is 0.562. The van der Waals surface area contributed by atoms with Gasteiger partial charge in [0.05, 0.1) is 14.2 Å². The standard InChI is InChI=1S/C16H20BrF2NO4/c1-23-12-7-10(11(17)8-13(12)24-2)9-20-14(21)16(18,19)15(22)5-3-4-6-15/h7-8,22H,3-6,9H2,1-2H3,(H,20,21). The molecule has 0 heterocycles. The Labute approximate surface area is 147 Å². The fourth-order valence-electron chi connectivity index (χ4n) is 2.80. The van der Waals surface area contributed by atoms with Gasteiger partial charge in [0, 0.05) is 11.0 Å². The molecule has 0 unspecified atom stereocenters. The van der Waals surface area contributed by atoms with Gasteiger partial charge in [-0.25, -0.2) is 0 Å². The number of alkyl halides is 2. The molecule has 134 valence electrons. The number of nitrogens with one attached hydrogen (secondary N) is 1. The smallest absolute Gasteiger partial charge is 0.352 e. The molecule has 1 amide bonds. The van der Waals surface area contributed by atoms with E-state index in [2.05, 4.69) is 21.2 Å². The normalized spacial score (nSPS) is 16.8. The lowest BCUT2D eigenvalue weighted by atomic mass is 9.93. The molecule has 24 heavy (non-hydrogen) atoms. The maximum atomic E-state index is 14.3. The topological polar surface area (TPSA) is 67.8 Å². The molecule has 5 nitrogen and oxygen atoms in total. The second kappa shape index (κ2) is 7.23. The zero-order chi connectivity index (χ0) is 18.0. The predicted octanol–water partition coefficient (Wildman–Crippen LogP) is 3.02. The maximum absolute atomic E-state index is 14.3. The van der Waals surface area contributed by atoms with E-state index in [4.69, 9.17) is 9.47 Å². The first kappa shape index (κ1) is 18.9. The Hall–Kier alpha value is -1.41. The van der Waals surface area contributed by atoms with Crippen molar-refractivity contribution in [3.63, 3.8) is 0 Å². The second-order valence-electron chi connectivity index (χ2n) is 5.79. The molecule has 1 aliphatic rings. The highest BCUT2D eigenvalue weighted by atomic mass is 79.9. The van der Waals surface area contributed by atoms with Gasteiger partial charge in [-0.3, -0.25) is 4.79 Å². The molecule has 0 aliphatic heterocycles. The molecule has 2 rings (SSSR count). The third-order valence-electron chi connectivity index (χ3n) is 4.29. The zero-order valence-electron chi connectivity index (χ0n) is 13.5. The highest BCUT2D eigenvalue weighted by Gasteiger charge is 2.58. The summed E-state index contributed by atoms with van der Waals surface area (Å²) >= 11 is 3.30. The minimum atomic E-state index is -3.83. The maximum Gasteiger partial charge on any atom is 0.352 e. The van der Waals surface area contributed by atoms with Crippen LogP contribution in [0.1, 0.15) is 31.2 Å². The Bertz CT molecular complexity index is 618. The third kappa shape index (κ3) is 3.49. The van der Waals surface area contributed by atoms with Crippen molar-refractivity contribution in [2.75, 3.05) is 14.2 Å². The number of methoxy groups -OCH3 is 2. The number of carbonyl (C=O) groups is 1. The lowest BCUT2D eigenvalue weighted by Crippen LogP contribution is -2.55. The summed E-state index contributed by atoms with van der Waals surface area (Å²) < 4.78 is 39.4. The third-order valence-corrected chi connectivity index (χ3v) is 5.03. The van der Waals surface area contributed by atoms with Crippen LogP contribution in [-0.2, 0) is 11.3 Å². The summed E-state index contributed by atoms with van der Waals surface area (Å²) in [5.74, 6) is -4.41. The van der Waals surface area contributed by atoms with Crippen LogP contribution in [0.3, 0.4) is 0 Å². The Morgan fingerprint density at radius 1 is 1.29 bits per heavy atom. The number of carbonyl (C=O) groups excluding carboxylic acids is 1. The molecule has 1 fully saturated rings. The lowest BCUT2D eigenvalue weighted by Gasteiger charge is -2.30. The Balaban J connectivity index is 2.11. The largest absolute Gasteiger partial charge is 0.493 e.